The van der Waals surface area contributed by atoms with Crippen molar-refractivity contribution < 1.29 is 42.3 Å². The molecule has 17 heteroatoms. The lowest BCUT2D eigenvalue weighted by atomic mass is 9.80. The monoisotopic (exact) mass is 942 g/mol. The molecule has 0 saturated carbocycles. The van der Waals surface area contributed by atoms with Gasteiger partial charge < -0.3 is 37.5 Å². The van der Waals surface area contributed by atoms with E-state index in [-0.39, 0.29) is 37.3 Å². The van der Waals surface area contributed by atoms with E-state index in [4.69, 9.17) is 54.3 Å². The summed E-state index contributed by atoms with van der Waals surface area (Å²) in [6.45, 7) is 10.9. The second-order valence-corrected chi connectivity index (χ2v) is 17.9. The molecule has 2 heterocycles. The number of H-pyrrole nitrogens is 1. The molecule has 0 spiro atoms. The van der Waals surface area contributed by atoms with Crippen LogP contribution in [0.4, 0.5) is 4.79 Å². The second-order valence-electron chi connectivity index (χ2n) is 16.0. The largest absolute Gasteiger partial charge is 0.514 e. The second kappa shape index (κ2) is 23.8. The molecule has 5 atom stereocenters. The molecule has 1 aromatic heterocycles. The van der Waals surface area contributed by atoms with Gasteiger partial charge >= 0.3 is 11.8 Å². The van der Waals surface area contributed by atoms with E-state index in [1.54, 1.807) is 26.2 Å². The molecular weight excluding hydrogens is 887 g/mol. The number of nitrogens with zero attached hydrogens (tertiary/aromatic N) is 3. The predicted octanol–water partition coefficient (Wildman–Crippen LogP) is 9.45. The molecule has 350 valence electrons. The number of nitriles is 1. The molecule has 0 bridgehead atoms. The standard InChI is InChI=1S/C49H56ClN4O11P/c1-33(2)54(34(3)4)66(61-28-10-26-51)62-29-11-27-59-41-22-16-38(17-23-41)49(36-12-8-7-9-13-36,37-14-20-40(58-6)21-15-37)60-32-44-43(65-48(57)63-42-24-18-39(50)19-25-42)30-45(64-44)53-31-35(5)46(55)52-47(53)56/h7-9,12-25,31,33-34,43-45H,10-11,27-30,32H2,1-6H3,(H,52,55,56)/t43?,44-,45-,49?,66?/m1/s1. The molecular formula is C49H56ClN4O11P. The van der Waals surface area contributed by atoms with Crippen molar-refractivity contribution in [2.24, 2.45) is 0 Å². The Labute approximate surface area is 391 Å². The molecule has 1 aliphatic rings. The highest BCUT2D eigenvalue weighted by Gasteiger charge is 2.44. The molecule has 66 heavy (non-hydrogen) atoms. The van der Waals surface area contributed by atoms with Gasteiger partial charge in [0, 0.05) is 41.7 Å². The molecule has 0 amide bonds. The van der Waals surface area contributed by atoms with Crippen molar-refractivity contribution in [3.05, 3.63) is 157 Å². The molecule has 6 rings (SSSR count). The number of halogens is 1. The van der Waals surface area contributed by atoms with Crippen LogP contribution in [0, 0.1) is 18.3 Å². The maximum Gasteiger partial charge on any atom is 0.514 e. The number of rotatable bonds is 22. The van der Waals surface area contributed by atoms with E-state index in [9.17, 15) is 14.4 Å². The van der Waals surface area contributed by atoms with Gasteiger partial charge in [-0.05, 0) is 99.8 Å². The highest BCUT2D eigenvalue weighted by Crippen LogP contribution is 2.46. The summed E-state index contributed by atoms with van der Waals surface area (Å²) in [6.07, 6.45) is -1.48. The quantitative estimate of drug-likeness (QED) is 0.0229. The van der Waals surface area contributed by atoms with Crippen LogP contribution in [0.25, 0.3) is 0 Å². The van der Waals surface area contributed by atoms with Gasteiger partial charge in [0.25, 0.3) is 14.1 Å². The Bertz CT molecular complexity index is 2470. The number of hydrogen-bond donors (Lipinski definition) is 1. The number of aromatic nitrogens is 2. The van der Waals surface area contributed by atoms with Crippen LogP contribution in [0.15, 0.2) is 119 Å². The lowest BCUT2D eigenvalue weighted by Gasteiger charge is -2.37. The summed E-state index contributed by atoms with van der Waals surface area (Å²) in [7, 11) is 0.233. The van der Waals surface area contributed by atoms with Crippen LogP contribution in [-0.2, 0) is 28.9 Å². The Morgan fingerprint density at radius 2 is 1.48 bits per heavy atom. The molecule has 15 nitrogen and oxygen atoms in total. The van der Waals surface area contributed by atoms with Crippen LogP contribution in [-0.4, -0.2) is 78.2 Å². The Morgan fingerprint density at radius 1 is 0.879 bits per heavy atom. The molecule has 1 fully saturated rings. The average molecular weight is 943 g/mol. The summed E-state index contributed by atoms with van der Waals surface area (Å²) in [5.41, 5.74) is 0.116. The fourth-order valence-electron chi connectivity index (χ4n) is 7.64. The first kappa shape index (κ1) is 49.9. The normalized spacial score (nSPS) is 17.3. The fraction of sp³-hybridized carbons (Fsp3) is 0.388. The number of nitrogens with one attached hydrogen (secondary N) is 1. The van der Waals surface area contributed by atoms with E-state index >= 15 is 0 Å². The number of carbonyl (C=O) groups excluding carboxylic acids is 1. The Morgan fingerprint density at radius 3 is 2.11 bits per heavy atom. The Hall–Kier alpha value is -5.56. The molecule has 0 aliphatic carbocycles. The predicted molar refractivity (Wildman–Crippen MR) is 250 cm³/mol. The van der Waals surface area contributed by atoms with Gasteiger partial charge in [-0.25, -0.2) is 14.3 Å². The van der Waals surface area contributed by atoms with E-state index < -0.39 is 50.0 Å². The zero-order valence-electron chi connectivity index (χ0n) is 37.9. The zero-order valence-corrected chi connectivity index (χ0v) is 39.5. The Balaban J connectivity index is 1.27. The van der Waals surface area contributed by atoms with Crippen molar-refractivity contribution >= 4 is 26.3 Å². The lowest BCUT2D eigenvalue weighted by Crippen LogP contribution is -2.39. The topological polar surface area (TPSA) is 173 Å². The third-order valence-electron chi connectivity index (χ3n) is 10.7. The third kappa shape index (κ3) is 12.7. The Kier molecular flexibility index (Phi) is 17.9. The van der Waals surface area contributed by atoms with E-state index in [1.807, 2.05) is 78.9 Å². The molecule has 1 saturated heterocycles. The van der Waals surface area contributed by atoms with Gasteiger partial charge in [-0.3, -0.25) is 14.3 Å². The van der Waals surface area contributed by atoms with Gasteiger partial charge in [-0.15, -0.1) is 0 Å². The van der Waals surface area contributed by atoms with E-state index in [1.165, 1.54) is 22.9 Å². The van der Waals surface area contributed by atoms with Crippen molar-refractivity contribution in [2.75, 3.05) is 33.5 Å². The summed E-state index contributed by atoms with van der Waals surface area (Å²) in [5.74, 6) is 1.49. The summed E-state index contributed by atoms with van der Waals surface area (Å²) in [4.78, 5) is 41.0. The number of hydrogen-bond acceptors (Lipinski definition) is 13. The summed E-state index contributed by atoms with van der Waals surface area (Å²) >= 11 is 6.04. The number of aromatic amines is 1. The third-order valence-corrected chi connectivity index (χ3v) is 13.1. The van der Waals surface area contributed by atoms with Crippen molar-refractivity contribution in [3.63, 3.8) is 0 Å². The van der Waals surface area contributed by atoms with Crippen molar-refractivity contribution in [3.8, 4) is 23.3 Å². The van der Waals surface area contributed by atoms with Gasteiger partial charge in [0.05, 0.1) is 46.0 Å². The number of benzene rings is 4. The maximum atomic E-state index is 13.3. The summed E-state index contributed by atoms with van der Waals surface area (Å²) < 4.78 is 52.5. The van der Waals surface area contributed by atoms with Crippen LogP contribution < -0.4 is 25.5 Å². The van der Waals surface area contributed by atoms with Gasteiger partial charge in [0.15, 0.2) is 0 Å². The van der Waals surface area contributed by atoms with Crippen molar-refractivity contribution in [1.82, 2.24) is 14.2 Å². The number of aryl methyl sites for hydroxylation is 1. The first-order valence-electron chi connectivity index (χ1n) is 21.7. The van der Waals surface area contributed by atoms with E-state index in [0.717, 1.165) is 16.7 Å². The SMILES string of the molecule is COc1ccc(C(OC[C@H]2O[C@@H](n3cc(C)c(=O)[nH]c3=O)CC2OC(=O)Oc2ccc(Cl)cc2)(c2ccccc2)c2ccc(OCCCOP(OCCC#N)N(C(C)C)C(C)C)cc2)cc1. The minimum absolute atomic E-state index is 0.0384. The first-order valence-corrected chi connectivity index (χ1v) is 23.2. The molecule has 4 aromatic carbocycles. The number of carbonyl (C=O) groups is 1. The van der Waals surface area contributed by atoms with E-state index in [2.05, 4.69) is 43.4 Å². The number of ether oxygens (including phenoxy) is 6. The van der Waals surface area contributed by atoms with Crippen LogP contribution in [0.5, 0.6) is 17.2 Å². The van der Waals surface area contributed by atoms with Crippen LogP contribution in [0.2, 0.25) is 5.02 Å². The van der Waals surface area contributed by atoms with Crippen LogP contribution in [0.1, 0.15) is 75.4 Å². The molecule has 5 aromatic rings. The molecule has 3 unspecified atom stereocenters. The smallest absolute Gasteiger partial charge is 0.497 e. The van der Waals surface area contributed by atoms with Gasteiger partial charge in [0.2, 0.25) is 0 Å². The molecule has 0 radical (unpaired) electrons. The number of methoxy groups -OCH3 is 1. The van der Waals surface area contributed by atoms with Gasteiger partial charge in [-0.1, -0.05) is 66.2 Å². The van der Waals surface area contributed by atoms with E-state index in [0.29, 0.717) is 48.3 Å². The molecule has 1 N–H and O–H groups in total. The lowest BCUT2D eigenvalue weighted by molar-refractivity contribution is -0.0975. The average Bonchev–Trinajstić information content (AvgIpc) is 3.70. The highest BCUT2D eigenvalue weighted by molar-refractivity contribution is 7.44. The van der Waals surface area contributed by atoms with Crippen molar-refractivity contribution in [2.45, 2.75) is 90.0 Å². The van der Waals surface area contributed by atoms with Crippen LogP contribution >= 0.6 is 20.1 Å². The van der Waals surface area contributed by atoms with Gasteiger partial charge in [-0.2, -0.15) is 5.26 Å². The highest BCUT2D eigenvalue weighted by atomic mass is 35.5. The van der Waals surface area contributed by atoms with Crippen LogP contribution in [0.3, 0.4) is 0 Å². The van der Waals surface area contributed by atoms with Gasteiger partial charge in [0.1, 0.15) is 41.3 Å². The fourth-order valence-corrected chi connectivity index (χ4v) is 9.39. The summed E-state index contributed by atoms with van der Waals surface area (Å²) in [6, 6.07) is 33.6. The minimum Gasteiger partial charge on any atom is -0.497 e. The first-order chi connectivity index (χ1) is 31.8. The summed E-state index contributed by atoms with van der Waals surface area (Å²) in [5, 5.41) is 9.52. The zero-order chi connectivity index (χ0) is 47.2. The minimum atomic E-state index is -1.36. The van der Waals surface area contributed by atoms with Crippen molar-refractivity contribution in [1.29, 1.82) is 5.26 Å². The molecule has 1 aliphatic heterocycles. The maximum absolute atomic E-state index is 13.3.